The van der Waals surface area contributed by atoms with E-state index in [9.17, 15) is 4.79 Å². The number of hydrogen-bond acceptors (Lipinski definition) is 2. The fraction of sp³-hybridized carbons (Fsp3) is 0.571. The lowest BCUT2D eigenvalue weighted by Crippen LogP contribution is -2.28. The molecule has 12 heavy (non-hydrogen) atoms. The van der Waals surface area contributed by atoms with Crippen LogP contribution >= 0.6 is 0 Å². The van der Waals surface area contributed by atoms with Gasteiger partial charge in [-0.05, 0) is 31.7 Å². The maximum atomic E-state index is 11.1. The fourth-order valence-electron chi connectivity index (χ4n) is 0.920. The zero-order valence-corrected chi connectivity index (χ0v) is 13.1. The van der Waals surface area contributed by atoms with Gasteiger partial charge in [0.25, 0.3) is 0 Å². The second kappa shape index (κ2) is 6.38. The van der Waals surface area contributed by atoms with E-state index in [2.05, 4.69) is 13.5 Å². The standard InChI is InChI=1S/C7H18O2Si3/c1-4-6(11-12-10)9-7(8)5(2)3/h6H,2,4,11-12H2,1,3,10H3. The maximum absolute atomic E-state index is 11.1. The van der Waals surface area contributed by atoms with Crippen molar-refractivity contribution in [2.45, 2.75) is 26.0 Å². The third-order valence-electron chi connectivity index (χ3n) is 1.69. The minimum atomic E-state index is -0.196. The monoisotopic (exact) mass is 218 g/mol. The van der Waals surface area contributed by atoms with Crippen LogP contribution in [0.2, 0.25) is 0 Å². The first-order valence-electron chi connectivity index (χ1n) is 4.48. The molecule has 0 aliphatic carbocycles. The van der Waals surface area contributed by atoms with Crippen LogP contribution in [-0.2, 0) is 9.53 Å². The van der Waals surface area contributed by atoms with Crippen LogP contribution in [-0.4, -0.2) is 39.0 Å². The van der Waals surface area contributed by atoms with Crippen molar-refractivity contribution < 1.29 is 9.53 Å². The molecule has 0 bridgehead atoms. The Hall–Kier alpha value is -0.139. The molecule has 0 aliphatic rings. The number of carbonyl (C=O) groups excluding carboxylic acids is 1. The largest absolute Gasteiger partial charge is 0.464 e. The van der Waals surface area contributed by atoms with Crippen LogP contribution in [0.5, 0.6) is 0 Å². The second-order valence-electron chi connectivity index (χ2n) is 3.00. The van der Waals surface area contributed by atoms with E-state index in [-0.39, 0.29) is 23.6 Å². The molecular formula is C7H18O2Si3. The van der Waals surface area contributed by atoms with Gasteiger partial charge in [0, 0.05) is 5.57 Å². The van der Waals surface area contributed by atoms with E-state index in [1.54, 1.807) is 6.92 Å². The summed E-state index contributed by atoms with van der Waals surface area (Å²) in [6.07, 6.45) is 1.00. The molecule has 0 fully saturated rings. The smallest absolute Gasteiger partial charge is 0.333 e. The zero-order valence-electron chi connectivity index (χ0n) is 8.22. The third-order valence-corrected chi connectivity index (χ3v) is 12.5. The maximum Gasteiger partial charge on any atom is 0.333 e. The van der Waals surface area contributed by atoms with Crippen molar-refractivity contribution in [3.05, 3.63) is 12.2 Å². The van der Waals surface area contributed by atoms with Gasteiger partial charge in [-0.15, -0.1) is 0 Å². The molecular weight excluding hydrogens is 200 g/mol. The van der Waals surface area contributed by atoms with Crippen LogP contribution in [0.25, 0.3) is 0 Å². The molecule has 0 saturated carbocycles. The molecule has 2 nitrogen and oxygen atoms in total. The first-order chi connectivity index (χ1) is 5.61. The van der Waals surface area contributed by atoms with Crippen LogP contribution < -0.4 is 0 Å². The first kappa shape index (κ1) is 11.9. The molecule has 0 N–H and O–H groups in total. The predicted molar refractivity (Wildman–Crippen MR) is 62.0 cm³/mol. The summed E-state index contributed by atoms with van der Waals surface area (Å²) in [5, 5.41) is 0. The molecule has 0 rings (SSSR count). The van der Waals surface area contributed by atoms with E-state index >= 15 is 0 Å². The molecule has 70 valence electrons. The van der Waals surface area contributed by atoms with Crippen LogP contribution in [0.15, 0.2) is 12.2 Å². The molecule has 0 radical (unpaired) electrons. The summed E-state index contributed by atoms with van der Waals surface area (Å²) in [6, 6.07) is 0. The van der Waals surface area contributed by atoms with Crippen molar-refractivity contribution in [2.24, 2.45) is 0 Å². The van der Waals surface area contributed by atoms with E-state index in [4.69, 9.17) is 4.74 Å². The Morgan fingerprint density at radius 3 is 2.67 bits per heavy atom. The van der Waals surface area contributed by atoms with Crippen molar-refractivity contribution >= 4 is 33.3 Å². The number of ether oxygens (including phenoxy) is 1. The summed E-state index contributed by atoms with van der Waals surface area (Å²) in [6.45, 7) is 7.36. The van der Waals surface area contributed by atoms with Crippen molar-refractivity contribution in [3.8, 4) is 0 Å². The van der Waals surface area contributed by atoms with Gasteiger partial charge in [-0.25, -0.2) is 4.79 Å². The minimum Gasteiger partial charge on any atom is -0.464 e. The lowest BCUT2D eigenvalue weighted by atomic mass is 10.4. The molecule has 0 heterocycles. The van der Waals surface area contributed by atoms with Crippen molar-refractivity contribution in [2.75, 3.05) is 0 Å². The molecule has 0 aromatic rings. The summed E-state index contributed by atoms with van der Waals surface area (Å²) >= 11 is 0. The Labute approximate surface area is 81.4 Å². The molecule has 1 atom stereocenters. The number of esters is 1. The number of rotatable bonds is 5. The summed E-state index contributed by atoms with van der Waals surface area (Å²) in [5.41, 5.74) is 0.829. The highest BCUT2D eigenvalue weighted by Crippen LogP contribution is 2.00. The average Bonchev–Trinajstić information content (AvgIpc) is 2.03. The molecule has 0 aromatic carbocycles. The second-order valence-corrected chi connectivity index (χ2v) is 19.2. The predicted octanol–water partition coefficient (Wildman–Crippen LogP) is -1.63. The lowest BCUT2D eigenvalue weighted by molar-refractivity contribution is -0.140. The third kappa shape index (κ3) is 4.68. The topological polar surface area (TPSA) is 26.3 Å². The summed E-state index contributed by atoms with van der Waals surface area (Å²) in [4.78, 5) is 11.1. The van der Waals surface area contributed by atoms with E-state index in [0.29, 0.717) is 11.3 Å². The molecule has 0 amide bonds. The first-order valence-corrected chi connectivity index (χ1v) is 15.0. The average molecular weight is 218 g/mol. The highest BCUT2D eigenvalue weighted by Gasteiger charge is 2.11. The van der Waals surface area contributed by atoms with E-state index in [0.717, 1.165) is 6.42 Å². The van der Waals surface area contributed by atoms with Gasteiger partial charge < -0.3 is 4.74 Å². The SMILES string of the molecule is C=C(C)C(=O)OC(CC)[SiH2][SiH2][SiH3]. The highest BCUT2D eigenvalue weighted by atomic mass is 29.5. The Kier molecular flexibility index (Phi) is 6.31. The van der Waals surface area contributed by atoms with Gasteiger partial charge >= 0.3 is 5.97 Å². The van der Waals surface area contributed by atoms with Gasteiger partial charge in [-0.3, -0.25) is 0 Å². The number of hydrogen-bond donors (Lipinski definition) is 0. The Morgan fingerprint density at radius 1 is 1.75 bits per heavy atom. The minimum absolute atomic E-state index is 0.0227. The zero-order chi connectivity index (χ0) is 9.56. The molecule has 1 unspecified atom stereocenters. The molecule has 5 heteroatoms. The van der Waals surface area contributed by atoms with Crippen LogP contribution in [0, 0.1) is 0 Å². The van der Waals surface area contributed by atoms with Gasteiger partial charge in [-0.1, -0.05) is 13.5 Å². The quantitative estimate of drug-likeness (QED) is 0.315. The van der Waals surface area contributed by atoms with Crippen LogP contribution in [0.4, 0.5) is 0 Å². The summed E-state index contributed by atoms with van der Waals surface area (Å²) < 4.78 is 5.28. The van der Waals surface area contributed by atoms with Gasteiger partial charge in [0.05, 0.1) is 14.8 Å². The van der Waals surface area contributed by atoms with Gasteiger partial charge in [-0.2, -0.15) is 0 Å². The normalized spacial score (nSPS) is 14.5. The van der Waals surface area contributed by atoms with Crippen molar-refractivity contribution in [1.29, 1.82) is 0 Å². The summed E-state index contributed by atoms with van der Waals surface area (Å²) in [5.74, 6) is -0.196. The Bertz CT molecular complexity index is 170. The van der Waals surface area contributed by atoms with Crippen LogP contribution in [0.1, 0.15) is 20.3 Å². The molecule has 0 aromatic heterocycles. The Morgan fingerprint density at radius 2 is 2.33 bits per heavy atom. The lowest BCUT2D eigenvalue weighted by Gasteiger charge is -2.14. The summed E-state index contributed by atoms with van der Waals surface area (Å²) in [7, 11) is 1.61. The Balaban J connectivity index is 3.85. The highest BCUT2D eigenvalue weighted by molar-refractivity contribution is 7.24. The molecule has 0 spiro atoms. The molecule has 0 saturated heterocycles. The van der Waals surface area contributed by atoms with Gasteiger partial charge in [0.1, 0.15) is 0 Å². The van der Waals surface area contributed by atoms with E-state index < -0.39 is 0 Å². The van der Waals surface area contributed by atoms with E-state index in [1.165, 1.54) is 9.76 Å². The van der Waals surface area contributed by atoms with Crippen LogP contribution in [0.3, 0.4) is 0 Å². The van der Waals surface area contributed by atoms with Crippen molar-refractivity contribution in [3.63, 3.8) is 0 Å². The van der Waals surface area contributed by atoms with Crippen molar-refractivity contribution in [1.82, 2.24) is 0 Å². The van der Waals surface area contributed by atoms with Gasteiger partial charge in [0.15, 0.2) is 0 Å². The van der Waals surface area contributed by atoms with Gasteiger partial charge in [0.2, 0.25) is 0 Å². The number of carbonyl (C=O) groups is 1. The fourth-order valence-corrected chi connectivity index (χ4v) is 11.5. The molecule has 0 aliphatic heterocycles. The van der Waals surface area contributed by atoms with E-state index in [1.807, 2.05) is 0 Å².